The van der Waals surface area contributed by atoms with Crippen molar-refractivity contribution < 1.29 is 18.7 Å². The zero-order chi connectivity index (χ0) is 15.9. The van der Waals surface area contributed by atoms with Gasteiger partial charge in [-0.3, -0.25) is 4.79 Å². The Kier molecular flexibility index (Phi) is 5.36. The summed E-state index contributed by atoms with van der Waals surface area (Å²) in [5, 5.41) is 2.82. The minimum atomic E-state index is -0.315. The van der Waals surface area contributed by atoms with Crippen molar-refractivity contribution in [3.05, 3.63) is 59.4 Å². The zero-order valence-electron chi connectivity index (χ0n) is 12.6. The average Bonchev–Trinajstić information content (AvgIpc) is 2.54. The minimum absolute atomic E-state index is 0.142. The van der Waals surface area contributed by atoms with Crippen molar-refractivity contribution in [2.75, 3.05) is 14.2 Å². The number of ether oxygens (including phenoxy) is 2. The van der Waals surface area contributed by atoms with Gasteiger partial charge in [-0.1, -0.05) is 24.3 Å². The quantitative estimate of drug-likeness (QED) is 0.892. The second kappa shape index (κ2) is 7.45. The van der Waals surface area contributed by atoms with Crippen molar-refractivity contribution in [3.63, 3.8) is 0 Å². The third-order valence-electron chi connectivity index (χ3n) is 3.24. The highest BCUT2D eigenvalue weighted by Crippen LogP contribution is 2.30. The van der Waals surface area contributed by atoms with Crippen molar-refractivity contribution in [2.45, 2.75) is 13.0 Å². The Morgan fingerprint density at radius 3 is 2.45 bits per heavy atom. The van der Waals surface area contributed by atoms with Gasteiger partial charge in [0.05, 0.1) is 20.6 Å². The number of para-hydroxylation sites is 1. The first-order valence-corrected chi connectivity index (χ1v) is 6.85. The molecule has 0 atom stereocenters. The molecule has 2 rings (SSSR count). The van der Waals surface area contributed by atoms with Gasteiger partial charge in [-0.05, 0) is 23.8 Å². The summed E-state index contributed by atoms with van der Waals surface area (Å²) in [6, 6.07) is 11.4. The van der Waals surface area contributed by atoms with Crippen LogP contribution in [0.25, 0.3) is 0 Å². The van der Waals surface area contributed by atoms with Gasteiger partial charge in [0, 0.05) is 12.1 Å². The summed E-state index contributed by atoms with van der Waals surface area (Å²) in [5.41, 5.74) is 1.59. The van der Waals surface area contributed by atoms with Gasteiger partial charge in [0.1, 0.15) is 5.82 Å². The molecule has 0 radical (unpaired) electrons. The molecule has 0 saturated heterocycles. The summed E-state index contributed by atoms with van der Waals surface area (Å²) in [6.07, 6.45) is 0.201. The van der Waals surface area contributed by atoms with Gasteiger partial charge >= 0.3 is 0 Å². The normalized spacial score (nSPS) is 10.1. The summed E-state index contributed by atoms with van der Waals surface area (Å²) in [5.74, 6) is 0.765. The van der Waals surface area contributed by atoms with Gasteiger partial charge in [-0.2, -0.15) is 0 Å². The zero-order valence-corrected chi connectivity index (χ0v) is 12.6. The number of carbonyl (C=O) groups is 1. The van der Waals surface area contributed by atoms with Gasteiger partial charge < -0.3 is 14.8 Å². The Balaban J connectivity index is 1.98. The molecule has 0 aliphatic heterocycles. The lowest BCUT2D eigenvalue weighted by atomic mass is 10.1. The van der Waals surface area contributed by atoms with Crippen molar-refractivity contribution in [3.8, 4) is 11.5 Å². The van der Waals surface area contributed by atoms with Crippen LogP contribution in [-0.2, 0) is 17.8 Å². The third kappa shape index (κ3) is 3.97. The molecule has 0 heterocycles. The lowest BCUT2D eigenvalue weighted by Crippen LogP contribution is -2.24. The lowest BCUT2D eigenvalue weighted by molar-refractivity contribution is -0.120. The largest absolute Gasteiger partial charge is 0.493 e. The summed E-state index contributed by atoms with van der Waals surface area (Å²) in [6.45, 7) is 0.334. The fraction of sp³-hybridized carbons (Fsp3) is 0.235. The van der Waals surface area contributed by atoms with Gasteiger partial charge in [0.2, 0.25) is 5.91 Å². The van der Waals surface area contributed by atoms with Crippen molar-refractivity contribution >= 4 is 5.91 Å². The van der Waals surface area contributed by atoms with Gasteiger partial charge in [-0.15, -0.1) is 0 Å². The molecular formula is C17H18FNO3. The van der Waals surface area contributed by atoms with Crippen LogP contribution in [0.15, 0.2) is 42.5 Å². The maximum absolute atomic E-state index is 12.8. The van der Waals surface area contributed by atoms with Crippen molar-refractivity contribution in [1.82, 2.24) is 5.32 Å². The van der Waals surface area contributed by atoms with E-state index >= 15 is 0 Å². The second-order valence-electron chi connectivity index (χ2n) is 4.73. The first kappa shape index (κ1) is 15.8. The standard InChI is InChI=1S/C17H18FNO3/c1-21-15-5-3-4-13(17(15)22-2)11-19-16(20)10-12-6-8-14(18)9-7-12/h3-9H,10-11H2,1-2H3,(H,19,20). The molecule has 0 bridgehead atoms. The van der Waals surface area contributed by atoms with Gasteiger partial charge in [0.25, 0.3) is 0 Å². The van der Waals surface area contributed by atoms with E-state index in [0.29, 0.717) is 18.0 Å². The molecule has 5 heteroatoms. The molecule has 0 spiro atoms. The van der Waals surface area contributed by atoms with E-state index in [9.17, 15) is 9.18 Å². The van der Waals surface area contributed by atoms with Crippen LogP contribution in [0.3, 0.4) is 0 Å². The van der Waals surface area contributed by atoms with E-state index < -0.39 is 0 Å². The number of carbonyl (C=O) groups excluding carboxylic acids is 1. The number of nitrogens with one attached hydrogen (secondary N) is 1. The van der Waals surface area contributed by atoms with E-state index in [1.165, 1.54) is 12.1 Å². The summed E-state index contributed by atoms with van der Waals surface area (Å²) >= 11 is 0. The predicted octanol–water partition coefficient (Wildman–Crippen LogP) is 2.70. The van der Waals surface area contributed by atoms with E-state index in [0.717, 1.165) is 11.1 Å². The molecule has 116 valence electrons. The summed E-state index contributed by atoms with van der Waals surface area (Å²) < 4.78 is 23.4. The molecule has 2 aromatic rings. The maximum Gasteiger partial charge on any atom is 0.224 e. The molecular weight excluding hydrogens is 285 g/mol. The molecule has 0 aliphatic rings. The van der Waals surface area contributed by atoms with E-state index in [4.69, 9.17) is 9.47 Å². The molecule has 2 aromatic carbocycles. The van der Waals surface area contributed by atoms with E-state index in [-0.39, 0.29) is 18.1 Å². The third-order valence-corrected chi connectivity index (χ3v) is 3.24. The van der Waals surface area contributed by atoms with Crippen LogP contribution in [0.2, 0.25) is 0 Å². The van der Waals surface area contributed by atoms with Gasteiger partial charge in [-0.25, -0.2) is 4.39 Å². The SMILES string of the molecule is COc1cccc(CNC(=O)Cc2ccc(F)cc2)c1OC. The molecule has 0 unspecified atom stereocenters. The predicted molar refractivity (Wildman–Crippen MR) is 81.5 cm³/mol. The van der Waals surface area contributed by atoms with Crippen LogP contribution in [0, 0.1) is 5.82 Å². The van der Waals surface area contributed by atoms with Crippen LogP contribution in [0.4, 0.5) is 4.39 Å². The van der Waals surface area contributed by atoms with Crippen LogP contribution in [-0.4, -0.2) is 20.1 Å². The Bertz CT molecular complexity index is 641. The molecule has 0 aliphatic carbocycles. The van der Waals surface area contributed by atoms with Crippen molar-refractivity contribution in [1.29, 1.82) is 0 Å². The molecule has 4 nitrogen and oxygen atoms in total. The van der Waals surface area contributed by atoms with Crippen LogP contribution >= 0.6 is 0 Å². The highest BCUT2D eigenvalue weighted by atomic mass is 19.1. The topological polar surface area (TPSA) is 47.6 Å². The number of methoxy groups -OCH3 is 2. The van der Waals surface area contributed by atoms with Crippen molar-refractivity contribution in [2.24, 2.45) is 0 Å². The Morgan fingerprint density at radius 2 is 1.82 bits per heavy atom. The lowest BCUT2D eigenvalue weighted by Gasteiger charge is -2.13. The highest BCUT2D eigenvalue weighted by molar-refractivity contribution is 5.78. The highest BCUT2D eigenvalue weighted by Gasteiger charge is 2.10. The van der Waals surface area contributed by atoms with E-state index in [2.05, 4.69) is 5.32 Å². The number of hydrogen-bond donors (Lipinski definition) is 1. The van der Waals surface area contributed by atoms with Crippen LogP contribution < -0.4 is 14.8 Å². The van der Waals surface area contributed by atoms with E-state index in [1.54, 1.807) is 32.4 Å². The fourth-order valence-corrected chi connectivity index (χ4v) is 2.14. The fourth-order valence-electron chi connectivity index (χ4n) is 2.14. The monoisotopic (exact) mass is 303 g/mol. The molecule has 0 fully saturated rings. The first-order chi connectivity index (χ1) is 10.6. The average molecular weight is 303 g/mol. The van der Waals surface area contributed by atoms with E-state index in [1.807, 2.05) is 12.1 Å². The molecule has 1 amide bonds. The first-order valence-electron chi connectivity index (χ1n) is 6.85. The van der Waals surface area contributed by atoms with Crippen LogP contribution in [0.1, 0.15) is 11.1 Å². The number of rotatable bonds is 6. The minimum Gasteiger partial charge on any atom is -0.493 e. The molecule has 22 heavy (non-hydrogen) atoms. The number of amides is 1. The Labute approximate surface area is 128 Å². The second-order valence-corrected chi connectivity index (χ2v) is 4.73. The molecule has 1 N–H and O–H groups in total. The molecule has 0 saturated carbocycles. The molecule has 0 aromatic heterocycles. The summed E-state index contributed by atoms with van der Waals surface area (Å²) in [4.78, 5) is 11.9. The Hall–Kier alpha value is -2.56. The number of hydrogen-bond acceptors (Lipinski definition) is 3. The number of benzene rings is 2. The Morgan fingerprint density at radius 1 is 1.09 bits per heavy atom. The number of halogens is 1. The van der Waals surface area contributed by atoms with Gasteiger partial charge in [0.15, 0.2) is 11.5 Å². The van der Waals surface area contributed by atoms with Crippen LogP contribution in [0.5, 0.6) is 11.5 Å². The smallest absolute Gasteiger partial charge is 0.224 e. The summed E-state index contributed by atoms with van der Waals surface area (Å²) in [7, 11) is 3.12. The maximum atomic E-state index is 12.8.